The fourth-order valence-corrected chi connectivity index (χ4v) is 3.01. The summed E-state index contributed by atoms with van der Waals surface area (Å²) in [5.74, 6) is -1.32. The molecule has 0 saturated heterocycles. The Bertz CT molecular complexity index is 948. The van der Waals surface area contributed by atoms with Gasteiger partial charge in [-0.05, 0) is 39.8 Å². The van der Waals surface area contributed by atoms with Crippen LogP contribution in [0.4, 0.5) is 0 Å². The largest absolute Gasteiger partial charge is 0.505 e. The standard InChI is InChI=1S/C19H23Cl2NO6/c1-5-27-14(23)6-7-22-15(18(26)28-19(2,3)4)16(24)10-8-12(20)13(21)9-11(10)17(22)25/h8-9,14,23-24H,5-7H2,1-4H3. The van der Waals surface area contributed by atoms with E-state index >= 15 is 0 Å². The predicted molar refractivity (Wildman–Crippen MR) is 107 cm³/mol. The molecular weight excluding hydrogens is 409 g/mol. The summed E-state index contributed by atoms with van der Waals surface area (Å²) in [7, 11) is 0. The number of esters is 1. The summed E-state index contributed by atoms with van der Waals surface area (Å²) in [6.07, 6.45) is -1.11. The third kappa shape index (κ3) is 4.97. The van der Waals surface area contributed by atoms with E-state index in [0.29, 0.717) is 0 Å². The highest BCUT2D eigenvalue weighted by Crippen LogP contribution is 2.34. The van der Waals surface area contributed by atoms with Gasteiger partial charge in [0, 0.05) is 25.0 Å². The second kappa shape index (κ2) is 8.69. The Morgan fingerprint density at radius 1 is 1.21 bits per heavy atom. The van der Waals surface area contributed by atoms with Crippen LogP contribution in [-0.2, 0) is 16.0 Å². The van der Waals surface area contributed by atoms with Crippen molar-refractivity contribution in [3.05, 3.63) is 38.2 Å². The van der Waals surface area contributed by atoms with E-state index in [1.807, 2.05) is 0 Å². The molecule has 0 saturated carbocycles. The van der Waals surface area contributed by atoms with Crippen molar-refractivity contribution in [1.82, 2.24) is 4.57 Å². The summed E-state index contributed by atoms with van der Waals surface area (Å²) < 4.78 is 11.5. The molecule has 1 unspecified atom stereocenters. The highest BCUT2D eigenvalue weighted by atomic mass is 35.5. The van der Waals surface area contributed by atoms with Crippen LogP contribution in [0, 0.1) is 0 Å². The number of fused-ring (bicyclic) bond motifs is 1. The van der Waals surface area contributed by atoms with Crippen molar-refractivity contribution in [2.24, 2.45) is 0 Å². The molecule has 7 nitrogen and oxygen atoms in total. The molecule has 0 aliphatic rings. The van der Waals surface area contributed by atoms with Gasteiger partial charge in [-0.2, -0.15) is 0 Å². The Hall–Kier alpha value is -1.80. The summed E-state index contributed by atoms with van der Waals surface area (Å²) in [6, 6.07) is 2.65. The highest BCUT2D eigenvalue weighted by molar-refractivity contribution is 6.42. The minimum atomic E-state index is -1.13. The first kappa shape index (κ1) is 22.5. The molecule has 0 amide bonds. The normalized spacial score (nSPS) is 13.0. The van der Waals surface area contributed by atoms with Crippen molar-refractivity contribution in [3.8, 4) is 5.75 Å². The smallest absolute Gasteiger partial charge is 0.359 e. The monoisotopic (exact) mass is 431 g/mol. The molecule has 0 spiro atoms. The van der Waals surface area contributed by atoms with Gasteiger partial charge in [0.1, 0.15) is 5.60 Å². The molecule has 1 heterocycles. The van der Waals surface area contributed by atoms with Crippen molar-refractivity contribution in [2.45, 2.75) is 52.6 Å². The first-order valence-corrected chi connectivity index (χ1v) is 9.49. The number of hydrogen-bond acceptors (Lipinski definition) is 6. The molecule has 0 bridgehead atoms. The van der Waals surface area contributed by atoms with E-state index in [0.717, 1.165) is 4.57 Å². The summed E-state index contributed by atoms with van der Waals surface area (Å²) in [6.45, 7) is 6.92. The molecular formula is C19H23Cl2NO6. The average molecular weight is 432 g/mol. The summed E-state index contributed by atoms with van der Waals surface area (Å²) in [5, 5.41) is 21.0. The fraction of sp³-hybridized carbons (Fsp3) is 0.474. The number of aromatic nitrogens is 1. The molecule has 2 rings (SSSR count). The molecule has 1 aromatic carbocycles. The van der Waals surface area contributed by atoms with E-state index in [1.54, 1.807) is 27.7 Å². The number of aromatic hydroxyl groups is 1. The molecule has 154 valence electrons. The van der Waals surface area contributed by atoms with Crippen LogP contribution >= 0.6 is 23.2 Å². The lowest BCUT2D eigenvalue weighted by Gasteiger charge is -2.22. The van der Waals surface area contributed by atoms with E-state index in [1.165, 1.54) is 12.1 Å². The third-order valence-electron chi connectivity index (χ3n) is 3.84. The van der Waals surface area contributed by atoms with E-state index in [2.05, 4.69) is 0 Å². The van der Waals surface area contributed by atoms with Crippen LogP contribution in [0.3, 0.4) is 0 Å². The third-order valence-corrected chi connectivity index (χ3v) is 4.56. The summed E-state index contributed by atoms with van der Waals surface area (Å²) in [4.78, 5) is 25.8. The first-order valence-electron chi connectivity index (χ1n) is 8.73. The lowest BCUT2D eigenvalue weighted by Crippen LogP contribution is -2.32. The number of aliphatic hydroxyl groups is 1. The zero-order chi connectivity index (χ0) is 21.2. The van der Waals surface area contributed by atoms with E-state index in [9.17, 15) is 19.8 Å². The summed E-state index contributed by atoms with van der Waals surface area (Å²) >= 11 is 12.0. The molecule has 2 N–H and O–H groups in total. The predicted octanol–water partition coefficient (Wildman–Crippen LogP) is 3.71. The Labute approximate surface area is 172 Å². The number of benzene rings is 1. The van der Waals surface area contributed by atoms with Crippen LogP contribution in [-0.4, -0.2) is 39.2 Å². The number of ether oxygens (including phenoxy) is 2. The fourth-order valence-electron chi connectivity index (χ4n) is 2.68. The van der Waals surface area contributed by atoms with Gasteiger partial charge >= 0.3 is 5.97 Å². The molecule has 9 heteroatoms. The van der Waals surface area contributed by atoms with Crippen LogP contribution in [0.2, 0.25) is 10.0 Å². The van der Waals surface area contributed by atoms with E-state index in [-0.39, 0.29) is 46.1 Å². The molecule has 0 aliphatic carbocycles. The van der Waals surface area contributed by atoms with Gasteiger partial charge in [0.2, 0.25) is 0 Å². The number of pyridine rings is 1. The molecule has 0 aliphatic heterocycles. The quantitative estimate of drug-likeness (QED) is 0.534. The van der Waals surface area contributed by atoms with Gasteiger partial charge in [0.05, 0.1) is 15.4 Å². The zero-order valence-corrected chi connectivity index (χ0v) is 17.6. The Kier molecular flexibility index (Phi) is 6.98. The minimum Gasteiger partial charge on any atom is -0.505 e. The van der Waals surface area contributed by atoms with Crippen molar-refractivity contribution in [2.75, 3.05) is 6.61 Å². The molecule has 2 aromatic rings. The number of nitrogens with zero attached hydrogens (tertiary/aromatic N) is 1. The van der Waals surface area contributed by atoms with Crippen LogP contribution in [0.25, 0.3) is 10.8 Å². The Morgan fingerprint density at radius 3 is 2.32 bits per heavy atom. The molecule has 0 radical (unpaired) electrons. The second-order valence-electron chi connectivity index (χ2n) is 7.17. The number of halogens is 2. The van der Waals surface area contributed by atoms with Gasteiger partial charge in [0.25, 0.3) is 5.56 Å². The lowest BCUT2D eigenvalue weighted by atomic mass is 10.1. The summed E-state index contributed by atoms with van der Waals surface area (Å²) in [5.41, 5.74) is -1.74. The maximum atomic E-state index is 13.0. The van der Waals surface area contributed by atoms with Gasteiger partial charge in [-0.15, -0.1) is 0 Å². The van der Waals surface area contributed by atoms with E-state index in [4.69, 9.17) is 32.7 Å². The number of rotatable bonds is 6. The Morgan fingerprint density at radius 2 is 1.79 bits per heavy atom. The first-order chi connectivity index (χ1) is 13.0. The lowest BCUT2D eigenvalue weighted by molar-refractivity contribution is -0.100. The number of aliphatic hydroxyl groups excluding tert-OH is 1. The second-order valence-corrected chi connectivity index (χ2v) is 7.98. The van der Waals surface area contributed by atoms with Crippen molar-refractivity contribution in [3.63, 3.8) is 0 Å². The zero-order valence-electron chi connectivity index (χ0n) is 16.1. The Balaban J connectivity index is 2.69. The van der Waals surface area contributed by atoms with Crippen molar-refractivity contribution in [1.29, 1.82) is 0 Å². The maximum Gasteiger partial charge on any atom is 0.359 e. The average Bonchev–Trinajstić information content (AvgIpc) is 2.57. The van der Waals surface area contributed by atoms with Gasteiger partial charge in [-0.25, -0.2) is 4.79 Å². The molecule has 0 fully saturated rings. The number of hydrogen-bond donors (Lipinski definition) is 2. The molecule has 1 atom stereocenters. The van der Waals surface area contributed by atoms with Gasteiger partial charge in [-0.1, -0.05) is 23.2 Å². The molecule has 28 heavy (non-hydrogen) atoms. The van der Waals surface area contributed by atoms with Crippen LogP contribution in [0.5, 0.6) is 5.75 Å². The minimum absolute atomic E-state index is 0.0236. The molecule has 1 aromatic heterocycles. The van der Waals surface area contributed by atoms with Crippen molar-refractivity contribution < 1.29 is 24.5 Å². The SMILES string of the molecule is CCOC(O)CCn1c(C(=O)OC(C)(C)C)c(O)c2cc(Cl)c(Cl)cc2c1=O. The van der Waals surface area contributed by atoms with Crippen molar-refractivity contribution >= 4 is 39.9 Å². The van der Waals surface area contributed by atoms with Gasteiger partial charge < -0.3 is 19.7 Å². The number of carbonyl (C=O) groups excluding carboxylic acids is 1. The van der Waals surface area contributed by atoms with Crippen LogP contribution < -0.4 is 5.56 Å². The van der Waals surface area contributed by atoms with Gasteiger partial charge in [0.15, 0.2) is 17.7 Å². The van der Waals surface area contributed by atoms with E-state index < -0.39 is 29.2 Å². The number of carbonyl (C=O) groups is 1. The highest BCUT2D eigenvalue weighted by Gasteiger charge is 2.27. The topological polar surface area (TPSA) is 98.0 Å². The van der Waals surface area contributed by atoms with Crippen LogP contribution in [0.15, 0.2) is 16.9 Å². The maximum absolute atomic E-state index is 13.0. The van der Waals surface area contributed by atoms with Gasteiger partial charge in [-0.3, -0.25) is 9.36 Å². The van der Waals surface area contributed by atoms with Crippen LogP contribution in [0.1, 0.15) is 44.6 Å².